The molecule has 122 valence electrons. The largest absolute Gasteiger partial charge is 0.353 e. The first-order valence-corrected chi connectivity index (χ1v) is 7.08. The average Bonchev–Trinajstić information content (AvgIpc) is 2.41. The van der Waals surface area contributed by atoms with E-state index in [1.165, 1.54) is 0 Å². The summed E-state index contributed by atoms with van der Waals surface area (Å²) < 4.78 is 26.5. The number of halogens is 2. The summed E-state index contributed by atoms with van der Waals surface area (Å²) in [6.45, 7) is 5.94. The molecular formula is C15H21F2N3O2. The Hall–Kier alpha value is -2.02. The number of nitrogens with one attached hydrogen (secondary N) is 2. The summed E-state index contributed by atoms with van der Waals surface area (Å²) in [5, 5.41) is 5.03. The predicted molar refractivity (Wildman–Crippen MR) is 80.4 cm³/mol. The second-order valence-electron chi connectivity index (χ2n) is 5.20. The van der Waals surface area contributed by atoms with Crippen molar-refractivity contribution < 1.29 is 18.4 Å². The molecule has 0 aromatic heterocycles. The lowest BCUT2D eigenvalue weighted by Crippen LogP contribution is -2.42. The second kappa shape index (κ2) is 8.43. The summed E-state index contributed by atoms with van der Waals surface area (Å²) in [6.07, 6.45) is 0. The van der Waals surface area contributed by atoms with Gasteiger partial charge in [0.1, 0.15) is 11.6 Å². The fourth-order valence-electron chi connectivity index (χ4n) is 1.84. The van der Waals surface area contributed by atoms with E-state index in [-0.39, 0.29) is 30.7 Å². The van der Waals surface area contributed by atoms with Crippen molar-refractivity contribution in [2.24, 2.45) is 0 Å². The summed E-state index contributed by atoms with van der Waals surface area (Å²) in [5.74, 6) is -2.05. The number of rotatable bonds is 7. The fourth-order valence-corrected chi connectivity index (χ4v) is 1.84. The Morgan fingerprint density at radius 1 is 1.18 bits per heavy atom. The van der Waals surface area contributed by atoms with Gasteiger partial charge < -0.3 is 10.6 Å². The van der Waals surface area contributed by atoms with Gasteiger partial charge in [-0.3, -0.25) is 14.5 Å². The van der Waals surface area contributed by atoms with Crippen LogP contribution in [0, 0.1) is 11.6 Å². The molecule has 2 N–H and O–H groups in total. The van der Waals surface area contributed by atoms with Crippen LogP contribution in [-0.2, 0) is 9.59 Å². The van der Waals surface area contributed by atoms with Gasteiger partial charge in [0.15, 0.2) is 0 Å². The second-order valence-corrected chi connectivity index (χ2v) is 5.20. The average molecular weight is 313 g/mol. The number of anilines is 1. The van der Waals surface area contributed by atoms with Gasteiger partial charge in [-0.15, -0.1) is 0 Å². The van der Waals surface area contributed by atoms with Crippen molar-refractivity contribution in [3.05, 3.63) is 29.8 Å². The third-order valence-electron chi connectivity index (χ3n) is 2.83. The molecule has 0 radical (unpaired) electrons. The molecule has 0 atom stereocenters. The monoisotopic (exact) mass is 313 g/mol. The highest BCUT2D eigenvalue weighted by Gasteiger charge is 2.15. The Bertz CT molecular complexity index is 536. The first-order valence-electron chi connectivity index (χ1n) is 7.08. The van der Waals surface area contributed by atoms with E-state index in [4.69, 9.17) is 0 Å². The molecule has 7 heteroatoms. The number of amides is 2. The Morgan fingerprint density at radius 3 is 2.41 bits per heavy atom. The van der Waals surface area contributed by atoms with Crippen LogP contribution >= 0.6 is 0 Å². The maximum Gasteiger partial charge on any atom is 0.238 e. The van der Waals surface area contributed by atoms with E-state index >= 15 is 0 Å². The zero-order valence-corrected chi connectivity index (χ0v) is 13.0. The first-order chi connectivity index (χ1) is 10.3. The number of carbonyl (C=O) groups excluding carboxylic acids is 2. The highest BCUT2D eigenvalue weighted by Crippen LogP contribution is 2.15. The van der Waals surface area contributed by atoms with Crippen LogP contribution in [0.2, 0.25) is 0 Å². The molecule has 0 aliphatic rings. The maximum absolute atomic E-state index is 13.4. The molecule has 2 amide bonds. The smallest absolute Gasteiger partial charge is 0.238 e. The van der Waals surface area contributed by atoms with Crippen molar-refractivity contribution >= 4 is 17.5 Å². The number of benzene rings is 1. The van der Waals surface area contributed by atoms with Gasteiger partial charge in [0, 0.05) is 12.1 Å². The van der Waals surface area contributed by atoms with Crippen molar-refractivity contribution in [3.8, 4) is 0 Å². The lowest BCUT2D eigenvalue weighted by molar-refractivity contribution is -0.123. The summed E-state index contributed by atoms with van der Waals surface area (Å²) in [6, 6.07) is 2.84. The Kier molecular flexibility index (Phi) is 6.91. The molecular weight excluding hydrogens is 292 g/mol. The summed E-state index contributed by atoms with van der Waals surface area (Å²) in [5.41, 5.74) is -0.215. The molecule has 1 rings (SSSR count). The number of hydrogen-bond acceptors (Lipinski definition) is 3. The predicted octanol–water partition coefficient (Wildman–Crippen LogP) is 1.75. The van der Waals surface area contributed by atoms with Crippen LogP contribution in [0.15, 0.2) is 18.2 Å². The van der Waals surface area contributed by atoms with Crippen molar-refractivity contribution in [1.29, 1.82) is 0 Å². The molecule has 0 saturated heterocycles. The first kappa shape index (κ1) is 18.0. The summed E-state index contributed by atoms with van der Waals surface area (Å²) >= 11 is 0. The zero-order chi connectivity index (χ0) is 16.7. The highest BCUT2D eigenvalue weighted by molar-refractivity contribution is 5.92. The molecule has 0 bridgehead atoms. The lowest BCUT2D eigenvalue weighted by atomic mass is 10.3. The third kappa shape index (κ3) is 6.17. The van der Waals surface area contributed by atoms with Gasteiger partial charge in [-0.1, -0.05) is 6.92 Å². The van der Waals surface area contributed by atoms with E-state index in [0.717, 1.165) is 18.2 Å². The number of carbonyl (C=O) groups is 2. The van der Waals surface area contributed by atoms with E-state index in [1.54, 1.807) is 11.8 Å². The molecule has 0 unspecified atom stereocenters. The van der Waals surface area contributed by atoms with Gasteiger partial charge in [0.25, 0.3) is 0 Å². The van der Waals surface area contributed by atoms with Crippen LogP contribution in [0.1, 0.15) is 20.8 Å². The van der Waals surface area contributed by atoms with Gasteiger partial charge in [0.2, 0.25) is 11.8 Å². The SMILES string of the molecule is CCN(CC(=O)Nc1cc(F)ccc1F)CC(=O)NC(C)C. The maximum atomic E-state index is 13.4. The molecule has 5 nitrogen and oxygen atoms in total. The van der Waals surface area contributed by atoms with Crippen molar-refractivity contribution in [2.75, 3.05) is 25.0 Å². The minimum absolute atomic E-state index is 0.0152. The van der Waals surface area contributed by atoms with Crippen molar-refractivity contribution in [1.82, 2.24) is 10.2 Å². The van der Waals surface area contributed by atoms with Gasteiger partial charge in [-0.25, -0.2) is 8.78 Å². The lowest BCUT2D eigenvalue weighted by Gasteiger charge is -2.20. The minimum atomic E-state index is -0.713. The highest BCUT2D eigenvalue weighted by atomic mass is 19.1. The van der Waals surface area contributed by atoms with Gasteiger partial charge in [0.05, 0.1) is 18.8 Å². The van der Waals surface area contributed by atoms with Crippen LogP contribution in [0.5, 0.6) is 0 Å². The van der Waals surface area contributed by atoms with Crippen LogP contribution in [0.4, 0.5) is 14.5 Å². The summed E-state index contributed by atoms with van der Waals surface area (Å²) in [7, 11) is 0. The van der Waals surface area contributed by atoms with E-state index in [2.05, 4.69) is 10.6 Å². The van der Waals surface area contributed by atoms with Gasteiger partial charge in [-0.2, -0.15) is 0 Å². The van der Waals surface area contributed by atoms with Crippen LogP contribution in [0.25, 0.3) is 0 Å². The van der Waals surface area contributed by atoms with Gasteiger partial charge >= 0.3 is 0 Å². The standard InChI is InChI=1S/C15H21F2N3O2/c1-4-20(8-14(21)18-10(2)3)9-15(22)19-13-7-11(16)5-6-12(13)17/h5-7,10H,4,8-9H2,1-3H3,(H,18,21)(H,19,22). The molecule has 0 saturated carbocycles. The summed E-state index contributed by atoms with van der Waals surface area (Å²) in [4.78, 5) is 25.1. The molecule has 22 heavy (non-hydrogen) atoms. The van der Waals surface area contributed by atoms with Crippen LogP contribution in [-0.4, -0.2) is 42.4 Å². The Balaban J connectivity index is 2.58. The van der Waals surface area contributed by atoms with E-state index < -0.39 is 17.5 Å². The molecule has 1 aromatic rings. The molecule has 1 aromatic carbocycles. The minimum Gasteiger partial charge on any atom is -0.353 e. The van der Waals surface area contributed by atoms with Crippen LogP contribution in [0.3, 0.4) is 0 Å². The van der Waals surface area contributed by atoms with Crippen molar-refractivity contribution in [3.63, 3.8) is 0 Å². The molecule has 0 aliphatic carbocycles. The van der Waals surface area contributed by atoms with Crippen LogP contribution < -0.4 is 10.6 Å². The number of nitrogens with zero attached hydrogens (tertiary/aromatic N) is 1. The Morgan fingerprint density at radius 2 is 1.82 bits per heavy atom. The molecule has 0 aliphatic heterocycles. The Labute approximate surface area is 128 Å². The third-order valence-corrected chi connectivity index (χ3v) is 2.83. The fraction of sp³-hybridized carbons (Fsp3) is 0.467. The molecule has 0 fully saturated rings. The molecule has 0 spiro atoms. The van der Waals surface area contributed by atoms with Crippen molar-refractivity contribution in [2.45, 2.75) is 26.8 Å². The molecule has 0 heterocycles. The van der Waals surface area contributed by atoms with E-state index in [1.807, 2.05) is 13.8 Å². The van der Waals surface area contributed by atoms with E-state index in [0.29, 0.717) is 6.54 Å². The quantitative estimate of drug-likeness (QED) is 0.806. The number of hydrogen-bond donors (Lipinski definition) is 2. The topological polar surface area (TPSA) is 61.4 Å². The number of likely N-dealkylation sites (N-methyl/N-ethyl adjacent to an activating group) is 1. The van der Waals surface area contributed by atoms with E-state index in [9.17, 15) is 18.4 Å². The normalized spacial score (nSPS) is 10.9. The zero-order valence-electron chi connectivity index (χ0n) is 13.0. The van der Waals surface area contributed by atoms with Gasteiger partial charge in [-0.05, 0) is 32.5 Å².